The number of hydrogen-bond acceptors (Lipinski definition) is 6. The molecule has 0 radical (unpaired) electrons. The van der Waals surface area contributed by atoms with Gasteiger partial charge < -0.3 is 14.8 Å². The van der Waals surface area contributed by atoms with E-state index in [1.807, 2.05) is 0 Å². The molecule has 1 amide bonds. The Balaban J connectivity index is 1.49. The number of carbonyl (C=O) groups excluding carboxylic acids is 1. The minimum atomic E-state index is -0.365. The Hall–Kier alpha value is -3.13. The predicted molar refractivity (Wildman–Crippen MR) is 119 cm³/mol. The molecular weight excluding hydrogens is 445 g/mol. The maximum Gasteiger partial charge on any atom is 0.267 e. The van der Waals surface area contributed by atoms with Crippen LogP contribution in [0.4, 0.5) is 5.69 Å². The Morgan fingerprint density at radius 3 is 2.83 bits per heavy atom. The maximum absolute atomic E-state index is 12.8. The average molecular weight is 456 g/mol. The fourth-order valence-electron chi connectivity index (χ4n) is 3.05. The van der Waals surface area contributed by atoms with Crippen LogP contribution in [0.1, 0.15) is 9.67 Å². The van der Waals surface area contributed by atoms with Crippen LogP contribution in [0.25, 0.3) is 32.6 Å². The summed E-state index contributed by atoms with van der Waals surface area (Å²) >= 11 is 13.7. The van der Waals surface area contributed by atoms with Crippen molar-refractivity contribution in [2.24, 2.45) is 0 Å². The van der Waals surface area contributed by atoms with Gasteiger partial charge in [0.05, 0.1) is 16.8 Å². The number of phenolic OH excluding ortho intramolecular Hbond substituents is 1. The number of oxazole rings is 1. The van der Waals surface area contributed by atoms with Gasteiger partial charge in [0.25, 0.3) is 5.91 Å². The van der Waals surface area contributed by atoms with Crippen LogP contribution in [-0.4, -0.2) is 21.0 Å². The number of thiophene rings is 1. The molecule has 9 heteroatoms. The molecule has 0 saturated heterocycles. The topological polar surface area (TPSA) is 88.2 Å². The molecule has 0 saturated carbocycles. The lowest BCUT2D eigenvalue weighted by Crippen LogP contribution is -2.10. The molecule has 6 nitrogen and oxygen atoms in total. The Labute approximate surface area is 183 Å². The third kappa shape index (κ3) is 3.27. The molecule has 5 aromatic rings. The van der Waals surface area contributed by atoms with Crippen molar-refractivity contribution in [2.75, 3.05) is 5.32 Å². The monoisotopic (exact) mass is 455 g/mol. The number of pyridine rings is 1. The van der Waals surface area contributed by atoms with Gasteiger partial charge in [0.1, 0.15) is 16.1 Å². The number of nitrogens with one attached hydrogen (secondary N) is 1. The van der Waals surface area contributed by atoms with Crippen LogP contribution in [0.3, 0.4) is 0 Å². The Kier molecular flexibility index (Phi) is 4.58. The van der Waals surface area contributed by atoms with Gasteiger partial charge in [0, 0.05) is 33.1 Å². The first-order chi connectivity index (χ1) is 14.5. The summed E-state index contributed by atoms with van der Waals surface area (Å²) in [5.74, 6) is -0.168. The van der Waals surface area contributed by atoms with Crippen molar-refractivity contribution in [3.8, 4) is 17.2 Å². The summed E-state index contributed by atoms with van der Waals surface area (Å²) in [6, 6.07) is 11.6. The predicted octanol–water partition coefficient (Wildman–Crippen LogP) is 6.37. The van der Waals surface area contributed by atoms with E-state index in [2.05, 4.69) is 15.3 Å². The van der Waals surface area contributed by atoms with E-state index in [0.717, 1.165) is 10.1 Å². The molecule has 2 aromatic carbocycles. The van der Waals surface area contributed by atoms with Gasteiger partial charge in [-0.15, -0.1) is 11.3 Å². The molecule has 2 N–H and O–H groups in total. The van der Waals surface area contributed by atoms with Crippen LogP contribution in [0.2, 0.25) is 10.0 Å². The van der Waals surface area contributed by atoms with E-state index in [9.17, 15) is 9.90 Å². The van der Waals surface area contributed by atoms with Crippen molar-refractivity contribution < 1.29 is 14.3 Å². The van der Waals surface area contributed by atoms with E-state index in [1.54, 1.807) is 48.8 Å². The van der Waals surface area contributed by atoms with Crippen molar-refractivity contribution in [1.82, 2.24) is 9.97 Å². The van der Waals surface area contributed by atoms with E-state index in [0.29, 0.717) is 37.3 Å². The van der Waals surface area contributed by atoms with E-state index in [1.165, 1.54) is 17.4 Å². The number of anilines is 1. The lowest BCUT2D eigenvalue weighted by atomic mass is 10.1. The first-order valence-electron chi connectivity index (χ1n) is 8.72. The number of nitrogens with zero attached hydrogens (tertiary/aromatic N) is 2. The van der Waals surface area contributed by atoms with E-state index in [4.69, 9.17) is 27.6 Å². The lowest BCUT2D eigenvalue weighted by Gasteiger charge is -2.07. The third-order valence-electron chi connectivity index (χ3n) is 4.47. The quantitative estimate of drug-likeness (QED) is 0.308. The highest BCUT2D eigenvalue weighted by atomic mass is 35.5. The Bertz CT molecular complexity index is 1410. The van der Waals surface area contributed by atoms with Crippen LogP contribution in [0.5, 0.6) is 5.75 Å². The number of benzene rings is 2. The highest BCUT2D eigenvalue weighted by Crippen LogP contribution is 2.38. The molecule has 148 valence electrons. The Morgan fingerprint density at radius 1 is 1.13 bits per heavy atom. The molecule has 0 atom stereocenters. The highest BCUT2D eigenvalue weighted by molar-refractivity contribution is 7.21. The van der Waals surface area contributed by atoms with Crippen LogP contribution in [0, 0.1) is 0 Å². The standard InChI is InChI=1S/C21H11Cl2N3O3S/c22-10-1-3-12-17(7-10)30-19(18(12)23)20(28)25-11-2-4-15(27)13(8-11)21-26-14-9-24-6-5-16(14)29-21/h1-9,27H,(H,25,28). The minimum absolute atomic E-state index is 0.0259. The largest absolute Gasteiger partial charge is 0.507 e. The Morgan fingerprint density at radius 2 is 2.00 bits per heavy atom. The molecule has 30 heavy (non-hydrogen) atoms. The van der Waals surface area contributed by atoms with Crippen LogP contribution in [-0.2, 0) is 0 Å². The lowest BCUT2D eigenvalue weighted by molar-refractivity contribution is 0.103. The number of hydrogen-bond donors (Lipinski definition) is 2. The first kappa shape index (κ1) is 18.9. The summed E-state index contributed by atoms with van der Waals surface area (Å²) in [6.45, 7) is 0. The van der Waals surface area contributed by atoms with Gasteiger partial charge in [0.15, 0.2) is 5.58 Å². The van der Waals surface area contributed by atoms with Crippen LogP contribution in [0.15, 0.2) is 59.3 Å². The van der Waals surface area contributed by atoms with Gasteiger partial charge in [-0.3, -0.25) is 9.78 Å². The second-order valence-corrected chi connectivity index (χ2v) is 8.30. The van der Waals surface area contributed by atoms with E-state index in [-0.39, 0.29) is 17.5 Å². The normalized spacial score (nSPS) is 11.3. The van der Waals surface area contributed by atoms with Crippen molar-refractivity contribution >= 4 is 67.3 Å². The molecular formula is C21H11Cl2N3O3S. The van der Waals surface area contributed by atoms with Gasteiger partial charge in [-0.1, -0.05) is 29.3 Å². The number of aromatic hydroxyl groups is 1. The fourth-order valence-corrected chi connectivity index (χ4v) is 4.74. The molecule has 0 spiro atoms. The fraction of sp³-hybridized carbons (Fsp3) is 0. The molecule has 0 aliphatic carbocycles. The van der Waals surface area contributed by atoms with Crippen LogP contribution >= 0.6 is 34.5 Å². The van der Waals surface area contributed by atoms with Crippen molar-refractivity contribution in [2.45, 2.75) is 0 Å². The molecule has 0 bridgehead atoms. The number of fused-ring (bicyclic) bond motifs is 2. The van der Waals surface area contributed by atoms with Gasteiger partial charge in [0.2, 0.25) is 5.89 Å². The molecule has 0 aliphatic rings. The number of halogens is 2. The van der Waals surface area contributed by atoms with Crippen molar-refractivity contribution in [1.29, 1.82) is 0 Å². The number of phenols is 1. The van der Waals surface area contributed by atoms with Crippen molar-refractivity contribution in [3.05, 3.63) is 69.8 Å². The van der Waals surface area contributed by atoms with E-state index < -0.39 is 0 Å². The number of aromatic nitrogens is 2. The zero-order chi connectivity index (χ0) is 20.8. The molecule has 0 unspecified atom stereocenters. The number of amides is 1. The highest BCUT2D eigenvalue weighted by Gasteiger charge is 2.19. The summed E-state index contributed by atoms with van der Waals surface area (Å²) in [4.78, 5) is 21.5. The zero-order valence-corrected chi connectivity index (χ0v) is 17.3. The molecule has 0 fully saturated rings. The summed E-state index contributed by atoms with van der Waals surface area (Å²) in [6.07, 6.45) is 3.16. The van der Waals surface area contributed by atoms with Gasteiger partial charge >= 0.3 is 0 Å². The number of rotatable bonds is 3. The second-order valence-electron chi connectivity index (χ2n) is 6.43. The van der Waals surface area contributed by atoms with Crippen LogP contribution < -0.4 is 5.32 Å². The second kappa shape index (κ2) is 7.28. The molecule has 3 heterocycles. The summed E-state index contributed by atoms with van der Waals surface area (Å²) < 4.78 is 6.52. The molecule has 5 rings (SSSR count). The summed E-state index contributed by atoms with van der Waals surface area (Å²) in [7, 11) is 0. The maximum atomic E-state index is 12.8. The summed E-state index contributed by atoms with van der Waals surface area (Å²) in [5, 5.41) is 14.8. The minimum Gasteiger partial charge on any atom is -0.507 e. The van der Waals surface area contributed by atoms with Crippen molar-refractivity contribution in [3.63, 3.8) is 0 Å². The molecule has 0 aliphatic heterocycles. The van der Waals surface area contributed by atoms with E-state index >= 15 is 0 Å². The average Bonchev–Trinajstić information content (AvgIpc) is 3.30. The molecule has 3 aromatic heterocycles. The smallest absolute Gasteiger partial charge is 0.267 e. The number of carbonyl (C=O) groups is 1. The van der Waals surface area contributed by atoms with Gasteiger partial charge in [-0.25, -0.2) is 4.98 Å². The zero-order valence-electron chi connectivity index (χ0n) is 15.0. The third-order valence-corrected chi connectivity index (χ3v) is 6.36. The van der Waals surface area contributed by atoms with Gasteiger partial charge in [-0.05, 0) is 30.3 Å². The summed E-state index contributed by atoms with van der Waals surface area (Å²) in [5.41, 5.74) is 1.92. The first-order valence-corrected chi connectivity index (χ1v) is 10.3. The van der Waals surface area contributed by atoms with Gasteiger partial charge in [-0.2, -0.15) is 0 Å². The SMILES string of the molecule is O=C(Nc1ccc(O)c(-c2nc3cnccc3o2)c1)c1sc2cc(Cl)ccc2c1Cl.